The number of anilines is 1. The highest BCUT2D eigenvalue weighted by Crippen LogP contribution is 2.39. The summed E-state index contributed by atoms with van der Waals surface area (Å²) < 4.78 is 2.12. The molecule has 1 aromatic heterocycles. The van der Waals surface area contributed by atoms with Gasteiger partial charge in [-0.3, -0.25) is 19.6 Å². The van der Waals surface area contributed by atoms with Gasteiger partial charge < -0.3 is 20.7 Å². The van der Waals surface area contributed by atoms with Crippen molar-refractivity contribution in [2.75, 3.05) is 5.32 Å². The predicted octanol–water partition coefficient (Wildman–Crippen LogP) is 4.84. The number of primary amides is 1. The molecule has 6 N–H and O–H groups in total. The molecule has 2 aliphatic carbocycles. The van der Waals surface area contributed by atoms with Crippen LogP contribution in [0.1, 0.15) is 116 Å². The van der Waals surface area contributed by atoms with Gasteiger partial charge in [-0.1, -0.05) is 33.1 Å². The van der Waals surface area contributed by atoms with E-state index in [4.69, 9.17) is 10.9 Å². The molecule has 218 valence electrons. The van der Waals surface area contributed by atoms with Crippen molar-refractivity contribution in [2.45, 2.75) is 109 Å². The lowest BCUT2D eigenvalue weighted by Gasteiger charge is -2.30. The van der Waals surface area contributed by atoms with Gasteiger partial charge in [0, 0.05) is 47.7 Å². The van der Waals surface area contributed by atoms with E-state index >= 15 is 0 Å². The second kappa shape index (κ2) is 13.0. The molecule has 0 atom stereocenters. The number of Topliss-reactive ketones (excluding diaryl/α,β-unsaturated/α-hetero) is 1. The summed E-state index contributed by atoms with van der Waals surface area (Å²) >= 11 is 0. The number of hydrogen-bond acceptors (Lipinski definition) is 6. The summed E-state index contributed by atoms with van der Waals surface area (Å²) in [6, 6.07) is 5.78. The Balaban J connectivity index is 1.56. The number of hydrogen-bond donors (Lipinski definition) is 5. The molecule has 0 spiro atoms. The van der Waals surface area contributed by atoms with E-state index in [2.05, 4.69) is 29.9 Å². The number of aliphatic hydroxyl groups is 1. The minimum Gasteiger partial charge on any atom is -0.393 e. The number of nitrogens with two attached hydrogens (primary N) is 1. The molecule has 40 heavy (non-hydrogen) atoms. The smallest absolute Gasteiger partial charge is 0.250 e. The van der Waals surface area contributed by atoms with E-state index in [0.717, 1.165) is 93.1 Å². The molecule has 1 saturated carbocycles. The lowest BCUT2D eigenvalue weighted by Crippen LogP contribution is -2.29. The molecule has 1 aromatic carbocycles. The minimum absolute atomic E-state index is 0.143. The lowest BCUT2D eigenvalue weighted by molar-refractivity contribution is -0.129. The monoisotopic (exact) mass is 552 g/mol. The number of aromatic nitrogens is 1. The quantitative estimate of drug-likeness (QED) is 0.145. The number of hydroxylamine groups is 1. The number of amides is 2. The number of carbonyl (C=O) groups is 3. The fourth-order valence-electron chi connectivity index (χ4n) is 6.22. The number of nitrogens with zero attached hydrogens (tertiary/aromatic N) is 1. The molecule has 2 aliphatic rings. The van der Waals surface area contributed by atoms with E-state index < -0.39 is 5.91 Å². The van der Waals surface area contributed by atoms with Crippen LogP contribution in [0.3, 0.4) is 0 Å². The zero-order valence-electron chi connectivity index (χ0n) is 23.8. The maximum atomic E-state index is 13.4. The summed E-state index contributed by atoms with van der Waals surface area (Å²) in [4.78, 5) is 36.8. The molecule has 0 aliphatic heterocycles. The third-order valence-corrected chi connectivity index (χ3v) is 8.33. The first-order valence-corrected chi connectivity index (χ1v) is 14.7. The second-order valence-corrected chi connectivity index (χ2v) is 12.3. The zero-order valence-corrected chi connectivity index (χ0v) is 23.8. The Labute approximate surface area is 236 Å². The second-order valence-electron chi connectivity index (χ2n) is 12.3. The van der Waals surface area contributed by atoms with Gasteiger partial charge >= 0.3 is 0 Å². The summed E-state index contributed by atoms with van der Waals surface area (Å²) in [5.41, 5.74) is 12.2. The number of nitrogens with one attached hydrogen (secondary N) is 2. The van der Waals surface area contributed by atoms with Crippen molar-refractivity contribution in [3.8, 4) is 5.69 Å². The van der Waals surface area contributed by atoms with Crippen LogP contribution >= 0.6 is 0 Å². The number of fused-ring (bicyclic) bond motifs is 1. The third kappa shape index (κ3) is 7.31. The fraction of sp³-hybridized carbons (Fsp3) is 0.581. The summed E-state index contributed by atoms with van der Waals surface area (Å²) in [5, 5.41) is 22.0. The van der Waals surface area contributed by atoms with E-state index in [0.29, 0.717) is 24.1 Å². The molecule has 9 heteroatoms. The largest absolute Gasteiger partial charge is 0.393 e. The molecule has 9 nitrogen and oxygen atoms in total. The molecule has 0 unspecified atom stereocenters. The minimum atomic E-state index is -0.492. The van der Waals surface area contributed by atoms with Gasteiger partial charge in [0.15, 0.2) is 5.78 Å². The Kier molecular flexibility index (Phi) is 9.68. The number of benzene rings is 1. The van der Waals surface area contributed by atoms with Gasteiger partial charge in [0.2, 0.25) is 5.91 Å². The maximum Gasteiger partial charge on any atom is 0.250 e. The highest BCUT2D eigenvalue weighted by molar-refractivity contribution is 6.01. The third-order valence-electron chi connectivity index (χ3n) is 8.33. The average Bonchev–Trinajstić information content (AvgIpc) is 3.26. The molecular formula is C31H44N4O5. The number of unbranched alkanes of at least 4 members (excludes halogenated alkanes) is 4. The van der Waals surface area contributed by atoms with Gasteiger partial charge in [-0.2, -0.15) is 0 Å². The first kappa shape index (κ1) is 29.8. The number of aliphatic hydroxyl groups excluding tert-OH is 1. The highest BCUT2D eigenvalue weighted by Gasteiger charge is 2.35. The van der Waals surface area contributed by atoms with Crippen LogP contribution < -0.4 is 16.5 Å². The van der Waals surface area contributed by atoms with Crippen molar-refractivity contribution in [1.29, 1.82) is 0 Å². The average molecular weight is 553 g/mol. The SMILES string of the molecule is CC1(C)CC(=O)c2c(CCCCCCCC(=O)NO)cn(-c3ccc(C(N)=O)c(NC4CCC(O)CC4)c3)c2C1. The normalized spacial score (nSPS) is 20.1. The first-order chi connectivity index (χ1) is 19.1. The molecule has 0 saturated heterocycles. The van der Waals surface area contributed by atoms with Crippen LogP contribution in [0, 0.1) is 5.41 Å². The molecule has 0 radical (unpaired) electrons. The van der Waals surface area contributed by atoms with Crippen LogP contribution in [-0.2, 0) is 17.6 Å². The molecule has 4 rings (SSSR count). The van der Waals surface area contributed by atoms with Crippen molar-refractivity contribution < 1.29 is 24.7 Å². The summed E-state index contributed by atoms with van der Waals surface area (Å²) in [7, 11) is 0. The van der Waals surface area contributed by atoms with Crippen molar-refractivity contribution in [1.82, 2.24) is 10.0 Å². The van der Waals surface area contributed by atoms with Crippen LogP contribution in [0.15, 0.2) is 24.4 Å². The van der Waals surface area contributed by atoms with Crippen LogP contribution in [-0.4, -0.2) is 44.6 Å². The van der Waals surface area contributed by atoms with E-state index in [1.54, 1.807) is 11.5 Å². The molecule has 2 aromatic rings. The predicted molar refractivity (Wildman–Crippen MR) is 154 cm³/mol. The Morgan fingerprint density at radius 2 is 1.75 bits per heavy atom. The Morgan fingerprint density at radius 3 is 2.45 bits per heavy atom. The van der Waals surface area contributed by atoms with Gasteiger partial charge in [-0.15, -0.1) is 0 Å². The molecule has 2 amide bonds. The van der Waals surface area contributed by atoms with Crippen molar-refractivity contribution in [2.24, 2.45) is 11.1 Å². The zero-order chi connectivity index (χ0) is 28.9. The number of aryl methyl sites for hydroxylation is 1. The summed E-state index contributed by atoms with van der Waals surface area (Å²) in [6.45, 7) is 4.26. The number of ketones is 1. The number of carbonyl (C=O) groups excluding carboxylic acids is 3. The Bertz CT molecular complexity index is 1230. The van der Waals surface area contributed by atoms with Gasteiger partial charge in [-0.05, 0) is 80.5 Å². The van der Waals surface area contributed by atoms with Gasteiger partial charge in [0.25, 0.3) is 5.91 Å². The van der Waals surface area contributed by atoms with Crippen LogP contribution in [0.25, 0.3) is 5.69 Å². The Hall–Kier alpha value is -3.17. The van der Waals surface area contributed by atoms with E-state index in [1.807, 2.05) is 12.1 Å². The van der Waals surface area contributed by atoms with E-state index in [-0.39, 0.29) is 29.3 Å². The Morgan fingerprint density at radius 1 is 1.05 bits per heavy atom. The lowest BCUT2D eigenvalue weighted by atomic mass is 9.75. The fourth-order valence-corrected chi connectivity index (χ4v) is 6.22. The summed E-state index contributed by atoms with van der Waals surface area (Å²) in [5.74, 6) is -0.662. The topological polar surface area (TPSA) is 147 Å². The van der Waals surface area contributed by atoms with Gasteiger partial charge in [0.05, 0.1) is 11.7 Å². The standard InChI is InChI=1S/C31H44N4O5/c1-31(2)17-26-29(27(37)18-31)20(8-6-4-3-5-7-9-28(38)34-40)19-35(26)22-12-15-24(30(32)39)25(16-22)33-21-10-13-23(36)14-11-21/h12,15-16,19,21,23,33,36,40H,3-11,13-14,17-18H2,1-2H3,(H2,32,39)(H,34,38). The van der Waals surface area contributed by atoms with Crippen LogP contribution in [0.2, 0.25) is 0 Å². The van der Waals surface area contributed by atoms with Gasteiger partial charge in [-0.25, -0.2) is 5.48 Å². The number of rotatable bonds is 12. The molecule has 1 heterocycles. The highest BCUT2D eigenvalue weighted by atomic mass is 16.5. The van der Waals surface area contributed by atoms with Gasteiger partial charge in [0.1, 0.15) is 0 Å². The summed E-state index contributed by atoms with van der Waals surface area (Å²) in [6.07, 6.45) is 11.9. The van der Waals surface area contributed by atoms with Crippen LogP contribution in [0.5, 0.6) is 0 Å². The van der Waals surface area contributed by atoms with Crippen molar-refractivity contribution in [3.05, 3.63) is 46.8 Å². The van der Waals surface area contributed by atoms with Crippen LogP contribution in [0.4, 0.5) is 5.69 Å². The molecular weight excluding hydrogens is 508 g/mol. The molecule has 0 bridgehead atoms. The van der Waals surface area contributed by atoms with Crippen molar-refractivity contribution in [3.63, 3.8) is 0 Å². The maximum absolute atomic E-state index is 13.4. The first-order valence-electron chi connectivity index (χ1n) is 14.7. The van der Waals surface area contributed by atoms with E-state index in [9.17, 15) is 19.5 Å². The molecule has 1 fully saturated rings. The van der Waals surface area contributed by atoms with E-state index in [1.165, 1.54) is 0 Å². The van der Waals surface area contributed by atoms with Crippen molar-refractivity contribution >= 4 is 23.3 Å².